The second kappa shape index (κ2) is 15.0. The van der Waals surface area contributed by atoms with Gasteiger partial charge in [0.15, 0.2) is 0 Å². The predicted octanol–water partition coefficient (Wildman–Crippen LogP) is 15.8. The van der Waals surface area contributed by atoms with E-state index in [2.05, 4.69) is 241 Å². The predicted molar refractivity (Wildman–Crippen MR) is 243 cm³/mol. The van der Waals surface area contributed by atoms with E-state index in [1.165, 1.54) is 77.2 Å². The van der Waals surface area contributed by atoms with E-state index < -0.39 is 0 Å². The summed E-state index contributed by atoms with van der Waals surface area (Å²) >= 11 is 0. The molecule has 0 aliphatic rings. The first-order valence-corrected chi connectivity index (χ1v) is 19.6. The lowest BCUT2D eigenvalue weighted by atomic mass is 9.84. The molecule has 0 fully saturated rings. The van der Waals surface area contributed by atoms with Crippen molar-refractivity contribution >= 4 is 38.6 Å². The highest BCUT2D eigenvalue weighted by molar-refractivity contribution is 6.22. The van der Waals surface area contributed by atoms with Crippen LogP contribution in [0.1, 0.15) is 0 Å². The van der Waals surface area contributed by atoms with Crippen molar-refractivity contribution in [2.24, 2.45) is 0 Å². The molecule has 0 unspecified atom stereocenters. The number of nitrogens with zero attached hydrogens (tertiary/aromatic N) is 1. The Morgan fingerprint density at radius 1 is 0.193 bits per heavy atom. The molecule has 0 aliphatic carbocycles. The maximum Gasteiger partial charge on any atom is 0.0467 e. The fourth-order valence-corrected chi connectivity index (χ4v) is 8.32. The molecule has 10 aromatic rings. The molecule has 0 N–H and O–H groups in total. The van der Waals surface area contributed by atoms with Crippen LogP contribution in [0.5, 0.6) is 0 Å². The van der Waals surface area contributed by atoms with Gasteiger partial charge < -0.3 is 4.90 Å². The Bertz CT molecular complexity index is 2950. The largest absolute Gasteiger partial charge is 0.310 e. The average Bonchev–Trinajstić information content (AvgIpc) is 3.30. The number of fused-ring (bicyclic) bond motifs is 3. The van der Waals surface area contributed by atoms with Crippen LogP contribution >= 0.6 is 0 Å². The van der Waals surface area contributed by atoms with Gasteiger partial charge in [0.1, 0.15) is 0 Å². The minimum atomic E-state index is 1.10. The van der Waals surface area contributed by atoms with E-state index in [0.717, 1.165) is 17.1 Å². The van der Waals surface area contributed by atoms with Crippen LogP contribution in [-0.2, 0) is 0 Å². The van der Waals surface area contributed by atoms with Crippen molar-refractivity contribution in [3.8, 4) is 55.6 Å². The van der Waals surface area contributed by atoms with Crippen molar-refractivity contribution < 1.29 is 0 Å². The third kappa shape index (κ3) is 6.56. The first-order chi connectivity index (χ1) is 28.3. The van der Waals surface area contributed by atoms with E-state index in [1.807, 2.05) is 0 Å². The quantitative estimate of drug-likeness (QED) is 0.141. The number of hydrogen-bond donors (Lipinski definition) is 0. The normalized spacial score (nSPS) is 11.2. The van der Waals surface area contributed by atoms with Gasteiger partial charge in [0.25, 0.3) is 0 Å². The number of hydrogen-bond acceptors (Lipinski definition) is 1. The molecule has 0 radical (unpaired) electrons. The lowest BCUT2D eigenvalue weighted by Gasteiger charge is -2.26. The summed E-state index contributed by atoms with van der Waals surface area (Å²) in [6.07, 6.45) is 0. The molecular weight excluding hydrogens is 687 g/mol. The van der Waals surface area contributed by atoms with Crippen LogP contribution in [0.15, 0.2) is 237 Å². The average molecular weight is 726 g/mol. The molecule has 0 aliphatic heterocycles. The summed E-state index contributed by atoms with van der Waals surface area (Å²) in [5.74, 6) is 0. The first-order valence-electron chi connectivity index (χ1n) is 19.6. The highest BCUT2D eigenvalue weighted by Gasteiger charge is 2.19. The minimum Gasteiger partial charge on any atom is -0.310 e. The molecule has 1 heteroatoms. The van der Waals surface area contributed by atoms with Crippen LogP contribution in [0, 0.1) is 0 Å². The fraction of sp³-hybridized carbons (Fsp3) is 0. The third-order valence-electron chi connectivity index (χ3n) is 11.1. The summed E-state index contributed by atoms with van der Waals surface area (Å²) in [6, 6.07) is 85.5. The van der Waals surface area contributed by atoms with Crippen molar-refractivity contribution in [3.63, 3.8) is 0 Å². The van der Waals surface area contributed by atoms with Gasteiger partial charge in [-0.1, -0.05) is 194 Å². The molecule has 0 amide bonds. The van der Waals surface area contributed by atoms with Gasteiger partial charge in [-0.05, 0) is 120 Å². The second-order valence-corrected chi connectivity index (χ2v) is 14.5. The smallest absolute Gasteiger partial charge is 0.0467 e. The SMILES string of the molecule is c1ccc(-c2ccc(N(c3ccc(-c4ccc5c(-c6ccccc6)c(-c6ccccc6)c6ccccc6c5c4)cc3)c3cccc(-c4ccccc4)c3)cc2)cc1. The molecule has 0 heterocycles. The Kier molecular flexibility index (Phi) is 8.95. The van der Waals surface area contributed by atoms with Crippen molar-refractivity contribution in [3.05, 3.63) is 237 Å². The van der Waals surface area contributed by atoms with Crippen molar-refractivity contribution in [1.82, 2.24) is 0 Å². The standard InChI is InChI=1S/C56H39N/c1-5-16-40(17-6-1)42-28-33-48(34-29-42)57(50-25-15-24-46(38-50)41-18-7-2-8-19-41)49-35-30-43(31-36-49)47-32-37-53-54(39-47)51-26-13-14-27-52(51)55(44-20-9-3-10-21-44)56(53)45-22-11-4-12-23-45/h1-39H. The maximum absolute atomic E-state index is 2.39. The van der Waals surface area contributed by atoms with E-state index in [9.17, 15) is 0 Å². The van der Waals surface area contributed by atoms with Crippen LogP contribution < -0.4 is 4.90 Å². The number of rotatable bonds is 8. The van der Waals surface area contributed by atoms with Crippen LogP contribution in [-0.4, -0.2) is 0 Å². The van der Waals surface area contributed by atoms with Gasteiger partial charge in [0.2, 0.25) is 0 Å². The molecule has 0 saturated carbocycles. The topological polar surface area (TPSA) is 3.24 Å². The van der Waals surface area contributed by atoms with Gasteiger partial charge in [-0.25, -0.2) is 0 Å². The fourth-order valence-electron chi connectivity index (χ4n) is 8.32. The van der Waals surface area contributed by atoms with E-state index >= 15 is 0 Å². The van der Waals surface area contributed by atoms with Gasteiger partial charge in [-0.2, -0.15) is 0 Å². The summed E-state index contributed by atoms with van der Waals surface area (Å²) < 4.78 is 0. The molecule has 57 heavy (non-hydrogen) atoms. The highest BCUT2D eigenvalue weighted by atomic mass is 15.1. The van der Waals surface area contributed by atoms with E-state index in [-0.39, 0.29) is 0 Å². The van der Waals surface area contributed by atoms with Crippen LogP contribution in [0.4, 0.5) is 17.1 Å². The van der Waals surface area contributed by atoms with Crippen molar-refractivity contribution in [2.45, 2.75) is 0 Å². The molecule has 0 spiro atoms. The molecular formula is C56H39N. The van der Waals surface area contributed by atoms with E-state index in [4.69, 9.17) is 0 Å². The Labute approximate surface area is 334 Å². The zero-order valence-electron chi connectivity index (χ0n) is 31.5. The summed E-state index contributed by atoms with van der Waals surface area (Å²) in [5, 5.41) is 5.02. The lowest BCUT2D eigenvalue weighted by Crippen LogP contribution is -2.10. The van der Waals surface area contributed by atoms with E-state index in [0.29, 0.717) is 0 Å². The molecule has 268 valence electrons. The number of benzene rings is 10. The molecule has 0 saturated heterocycles. The Morgan fingerprint density at radius 2 is 0.561 bits per heavy atom. The Balaban J connectivity index is 1.09. The Morgan fingerprint density at radius 3 is 1.11 bits per heavy atom. The third-order valence-corrected chi connectivity index (χ3v) is 11.1. The first kappa shape index (κ1) is 34.0. The summed E-state index contributed by atoms with van der Waals surface area (Å²) in [6.45, 7) is 0. The monoisotopic (exact) mass is 725 g/mol. The zero-order valence-corrected chi connectivity index (χ0v) is 31.5. The van der Waals surface area contributed by atoms with Gasteiger partial charge in [0, 0.05) is 17.1 Å². The molecule has 0 bridgehead atoms. The lowest BCUT2D eigenvalue weighted by molar-refractivity contribution is 1.28. The minimum absolute atomic E-state index is 1.10. The molecule has 0 aromatic heterocycles. The summed E-state index contributed by atoms with van der Waals surface area (Å²) in [5.41, 5.74) is 15.5. The summed E-state index contributed by atoms with van der Waals surface area (Å²) in [7, 11) is 0. The van der Waals surface area contributed by atoms with Crippen LogP contribution in [0.3, 0.4) is 0 Å². The second-order valence-electron chi connectivity index (χ2n) is 14.5. The van der Waals surface area contributed by atoms with Gasteiger partial charge in [-0.3, -0.25) is 0 Å². The van der Waals surface area contributed by atoms with Gasteiger partial charge >= 0.3 is 0 Å². The van der Waals surface area contributed by atoms with Gasteiger partial charge in [-0.15, -0.1) is 0 Å². The summed E-state index contributed by atoms with van der Waals surface area (Å²) in [4.78, 5) is 2.36. The molecule has 10 rings (SSSR count). The highest BCUT2D eigenvalue weighted by Crippen LogP contribution is 2.46. The Hall–Kier alpha value is -7.48. The number of anilines is 3. The van der Waals surface area contributed by atoms with E-state index in [1.54, 1.807) is 0 Å². The van der Waals surface area contributed by atoms with Crippen LogP contribution in [0.25, 0.3) is 77.2 Å². The zero-order chi connectivity index (χ0) is 38.0. The maximum atomic E-state index is 2.39. The molecule has 10 aromatic carbocycles. The van der Waals surface area contributed by atoms with Crippen molar-refractivity contribution in [1.29, 1.82) is 0 Å². The van der Waals surface area contributed by atoms with Gasteiger partial charge in [0.05, 0.1) is 0 Å². The van der Waals surface area contributed by atoms with Crippen LogP contribution in [0.2, 0.25) is 0 Å². The molecule has 0 atom stereocenters. The van der Waals surface area contributed by atoms with Crippen molar-refractivity contribution in [2.75, 3.05) is 4.90 Å². The molecule has 1 nitrogen and oxygen atoms in total.